The molecule has 0 aliphatic heterocycles. The molecule has 3 rings (SSSR count). The molecule has 2 unspecified atom stereocenters. The SMILES string of the molecule is CNC1CC(Oc2cccc(C)c2C)C12CCCC2. The van der Waals surface area contributed by atoms with Gasteiger partial charge in [-0.1, -0.05) is 25.0 Å². The van der Waals surface area contributed by atoms with Crippen LogP contribution >= 0.6 is 0 Å². The summed E-state index contributed by atoms with van der Waals surface area (Å²) in [5.74, 6) is 1.09. The van der Waals surface area contributed by atoms with E-state index in [1.54, 1.807) is 0 Å². The topological polar surface area (TPSA) is 21.3 Å². The summed E-state index contributed by atoms with van der Waals surface area (Å²) >= 11 is 0. The summed E-state index contributed by atoms with van der Waals surface area (Å²) in [4.78, 5) is 0. The number of hydrogen-bond acceptors (Lipinski definition) is 2. The molecule has 104 valence electrons. The number of hydrogen-bond donors (Lipinski definition) is 1. The van der Waals surface area contributed by atoms with Crippen LogP contribution in [-0.2, 0) is 0 Å². The van der Waals surface area contributed by atoms with E-state index in [2.05, 4.69) is 44.4 Å². The van der Waals surface area contributed by atoms with Gasteiger partial charge in [0.15, 0.2) is 0 Å². The maximum atomic E-state index is 6.39. The van der Waals surface area contributed by atoms with Crippen molar-refractivity contribution in [1.29, 1.82) is 0 Å². The first-order valence-electron chi connectivity index (χ1n) is 7.57. The molecule has 2 aliphatic rings. The Morgan fingerprint density at radius 3 is 2.63 bits per heavy atom. The van der Waals surface area contributed by atoms with Crippen molar-refractivity contribution in [3.05, 3.63) is 29.3 Å². The van der Waals surface area contributed by atoms with Crippen LogP contribution in [-0.4, -0.2) is 19.2 Å². The molecule has 0 bridgehead atoms. The van der Waals surface area contributed by atoms with E-state index in [4.69, 9.17) is 4.74 Å². The van der Waals surface area contributed by atoms with E-state index < -0.39 is 0 Å². The van der Waals surface area contributed by atoms with Gasteiger partial charge < -0.3 is 10.1 Å². The smallest absolute Gasteiger partial charge is 0.122 e. The third-order valence-electron chi connectivity index (χ3n) is 5.49. The second-order valence-electron chi connectivity index (χ2n) is 6.32. The first-order chi connectivity index (χ1) is 9.17. The second kappa shape index (κ2) is 4.82. The Morgan fingerprint density at radius 2 is 1.95 bits per heavy atom. The summed E-state index contributed by atoms with van der Waals surface area (Å²) in [5, 5.41) is 3.50. The van der Waals surface area contributed by atoms with Gasteiger partial charge >= 0.3 is 0 Å². The van der Waals surface area contributed by atoms with Crippen LogP contribution in [0, 0.1) is 19.3 Å². The lowest BCUT2D eigenvalue weighted by Gasteiger charge is -2.53. The summed E-state index contributed by atoms with van der Waals surface area (Å²) in [6.45, 7) is 4.32. The van der Waals surface area contributed by atoms with Crippen LogP contribution in [0.15, 0.2) is 18.2 Å². The average Bonchev–Trinajstić information content (AvgIpc) is 2.91. The molecular formula is C17H25NO. The Hall–Kier alpha value is -1.02. The van der Waals surface area contributed by atoms with Gasteiger partial charge in [-0.3, -0.25) is 0 Å². The fraction of sp³-hybridized carbons (Fsp3) is 0.647. The van der Waals surface area contributed by atoms with Crippen LogP contribution in [0.2, 0.25) is 0 Å². The van der Waals surface area contributed by atoms with Crippen molar-refractivity contribution in [3.63, 3.8) is 0 Å². The van der Waals surface area contributed by atoms with Gasteiger partial charge in [0.1, 0.15) is 11.9 Å². The Balaban J connectivity index is 1.79. The highest BCUT2D eigenvalue weighted by Gasteiger charge is 2.57. The molecule has 1 aromatic rings. The molecule has 1 spiro atoms. The molecule has 2 saturated carbocycles. The second-order valence-corrected chi connectivity index (χ2v) is 6.32. The Morgan fingerprint density at radius 1 is 1.21 bits per heavy atom. The molecule has 2 atom stereocenters. The summed E-state index contributed by atoms with van der Waals surface area (Å²) in [6.07, 6.45) is 6.95. The van der Waals surface area contributed by atoms with Crippen LogP contribution in [0.1, 0.15) is 43.2 Å². The largest absolute Gasteiger partial charge is 0.489 e. The predicted octanol–water partition coefficient (Wildman–Crippen LogP) is 3.60. The lowest BCUT2D eigenvalue weighted by Crippen LogP contribution is -2.63. The quantitative estimate of drug-likeness (QED) is 0.895. The molecule has 1 aromatic carbocycles. The van der Waals surface area contributed by atoms with E-state index in [-0.39, 0.29) is 0 Å². The highest BCUT2D eigenvalue weighted by atomic mass is 16.5. The zero-order chi connectivity index (χ0) is 13.5. The molecule has 0 radical (unpaired) electrons. The molecule has 2 nitrogen and oxygen atoms in total. The molecule has 0 saturated heterocycles. The molecule has 19 heavy (non-hydrogen) atoms. The molecule has 2 fully saturated rings. The Kier molecular flexibility index (Phi) is 3.30. The zero-order valence-corrected chi connectivity index (χ0v) is 12.3. The summed E-state index contributed by atoms with van der Waals surface area (Å²) in [5.41, 5.74) is 3.02. The van der Waals surface area contributed by atoms with Crippen LogP contribution in [0.4, 0.5) is 0 Å². The first kappa shape index (κ1) is 13.0. The van der Waals surface area contributed by atoms with E-state index in [1.807, 2.05) is 0 Å². The van der Waals surface area contributed by atoms with Gasteiger partial charge in [0.05, 0.1) is 0 Å². The van der Waals surface area contributed by atoms with Crippen molar-refractivity contribution in [1.82, 2.24) is 5.32 Å². The number of nitrogens with one attached hydrogen (secondary N) is 1. The molecule has 0 amide bonds. The highest BCUT2D eigenvalue weighted by molar-refractivity contribution is 5.38. The maximum absolute atomic E-state index is 6.39. The summed E-state index contributed by atoms with van der Waals surface area (Å²) in [7, 11) is 2.10. The maximum Gasteiger partial charge on any atom is 0.122 e. The third kappa shape index (κ3) is 1.97. The minimum Gasteiger partial charge on any atom is -0.489 e. The van der Waals surface area contributed by atoms with Gasteiger partial charge in [0.25, 0.3) is 0 Å². The van der Waals surface area contributed by atoms with Crippen molar-refractivity contribution in [3.8, 4) is 5.75 Å². The molecule has 0 aromatic heterocycles. The van der Waals surface area contributed by atoms with Crippen molar-refractivity contribution in [2.75, 3.05) is 7.05 Å². The van der Waals surface area contributed by atoms with Gasteiger partial charge in [-0.25, -0.2) is 0 Å². The van der Waals surface area contributed by atoms with Crippen LogP contribution < -0.4 is 10.1 Å². The van der Waals surface area contributed by atoms with Crippen molar-refractivity contribution < 1.29 is 4.74 Å². The predicted molar refractivity (Wildman–Crippen MR) is 78.7 cm³/mol. The van der Waals surface area contributed by atoms with E-state index in [0.717, 1.165) is 12.2 Å². The van der Waals surface area contributed by atoms with Gasteiger partial charge in [-0.15, -0.1) is 0 Å². The van der Waals surface area contributed by atoms with Crippen molar-refractivity contribution in [2.24, 2.45) is 5.41 Å². The lowest BCUT2D eigenvalue weighted by atomic mass is 9.60. The van der Waals surface area contributed by atoms with E-state index in [1.165, 1.54) is 36.8 Å². The minimum atomic E-state index is 0.408. The Bertz CT molecular complexity index is 462. The number of benzene rings is 1. The van der Waals surface area contributed by atoms with Gasteiger partial charge in [0.2, 0.25) is 0 Å². The first-order valence-corrected chi connectivity index (χ1v) is 7.57. The highest BCUT2D eigenvalue weighted by Crippen LogP contribution is 2.54. The average molecular weight is 259 g/mol. The van der Waals surface area contributed by atoms with Crippen LogP contribution in [0.3, 0.4) is 0 Å². The Labute approximate surface area is 116 Å². The lowest BCUT2D eigenvalue weighted by molar-refractivity contribution is -0.0739. The minimum absolute atomic E-state index is 0.408. The van der Waals surface area contributed by atoms with Crippen LogP contribution in [0.5, 0.6) is 5.75 Å². The summed E-state index contributed by atoms with van der Waals surface area (Å²) in [6, 6.07) is 7.04. The van der Waals surface area contributed by atoms with Gasteiger partial charge in [0, 0.05) is 17.9 Å². The van der Waals surface area contributed by atoms with Crippen molar-refractivity contribution in [2.45, 2.75) is 58.1 Å². The van der Waals surface area contributed by atoms with E-state index in [9.17, 15) is 0 Å². The van der Waals surface area contributed by atoms with Gasteiger partial charge in [-0.05, 0) is 50.9 Å². The van der Waals surface area contributed by atoms with E-state index in [0.29, 0.717) is 17.6 Å². The van der Waals surface area contributed by atoms with Crippen molar-refractivity contribution >= 4 is 0 Å². The molecule has 1 N–H and O–H groups in total. The normalized spacial score (nSPS) is 28.4. The fourth-order valence-electron chi connectivity index (χ4n) is 4.03. The zero-order valence-electron chi connectivity index (χ0n) is 12.3. The monoisotopic (exact) mass is 259 g/mol. The molecule has 2 aliphatic carbocycles. The van der Waals surface area contributed by atoms with Gasteiger partial charge in [-0.2, -0.15) is 0 Å². The number of aryl methyl sites for hydroxylation is 1. The number of ether oxygens (including phenoxy) is 1. The molecule has 0 heterocycles. The van der Waals surface area contributed by atoms with E-state index >= 15 is 0 Å². The summed E-state index contributed by atoms with van der Waals surface area (Å²) < 4.78 is 6.39. The van der Waals surface area contributed by atoms with Crippen LogP contribution in [0.25, 0.3) is 0 Å². The molecular weight excluding hydrogens is 234 g/mol. The fourth-order valence-corrected chi connectivity index (χ4v) is 4.03. The number of rotatable bonds is 3. The third-order valence-corrected chi connectivity index (χ3v) is 5.49. The standard InChI is InChI=1S/C17H25NO/c1-12-7-6-8-14(13(12)2)19-16-11-15(18-3)17(16)9-4-5-10-17/h6-8,15-16,18H,4-5,9-11H2,1-3H3. The molecule has 2 heteroatoms.